The number of rotatable bonds is 6. The van der Waals surface area contributed by atoms with Crippen molar-refractivity contribution in [2.75, 3.05) is 6.54 Å². The standard InChI is InChI=1S/C20H20N2O2/c21-11-19(16-4-1-14(13-23)2-5-16)20(24)10-15-3-6-18-12-22-8-7-17(18)9-15/h1-9,12,19,23H,10-11,13,21H2/t19-/m1/s1. The molecule has 0 aliphatic rings. The second kappa shape index (κ2) is 7.34. The highest BCUT2D eigenvalue weighted by atomic mass is 16.3. The highest BCUT2D eigenvalue weighted by Gasteiger charge is 2.19. The van der Waals surface area contributed by atoms with E-state index in [1.807, 2.05) is 54.7 Å². The normalized spacial score (nSPS) is 12.2. The van der Waals surface area contributed by atoms with Crippen LogP contribution in [-0.4, -0.2) is 22.4 Å². The van der Waals surface area contributed by atoms with Crippen molar-refractivity contribution < 1.29 is 9.90 Å². The maximum atomic E-state index is 12.7. The molecular weight excluding hydrogens is 300 g/mol. The first-order chi connectivity index (χ1) is 11.7. The van der Waals surface area contributed by atoms with E-state index >= 15 is 0 Å². The summed E-state index contributed by atoms with van der Waals surface area (Å²) in [4.78, 5) is 16.8. The third-order valence-corrected chi connectivity index (χ3v) is 4.27. The Kier molecular flexibility index (Phi) is 4.99. The number of aliphatic hydroxyl groups is 1. The van der Waals surface area contributed by atoms with Gasteiger partial charge in [0.25, 0.3) is 0 Å². The molecule has 122 valence electrons. The summed E-state index contributed by atoms with van der Waals surface area (Å²) in [5.41, 5.74) is 8.54. The van der Waals surface area contributed by atoms with Gasteiger partial charge in [0, 0.05) is 30.7 Å². The average Bonchev–Trinajstić information content (AvgIpc) is 2.63. The third kappa shape index (κ3) is 3.50. The van der Waals surface area contributed by atoms with E-state index in [-0.39, 0.29) is 24.9 Å². The van der Waals surface area contributed by atoms with Gasteiger partial charge in [-0.3, -0.25) is 9.78 Å². The molecule has 0 radical (unpaired) electrons. The molecular formula is C20H20N2O2. The van der Waals surface area contributed by atoms with E-state index in [0.29, 0.717) is 6.42 Å². The molecule has 1 atom stereocenters. The molecule has 0 saturated carbocycles. The van der Waals surface area contributed by atoms with Crippen LogP contribution in [0.3, 0.4) is 0 Å². The molecule has 4 heteroatoms. The highest BCUT2D eigenvalue weighted by molar-refractivity contribution is 5.89. The first-order valence-electron chi connectivity index (χ1n) is 7.96. The number of Topliss-reactive ketones (excluding diaryl/α,β-unsaturated/α-hetero) is 1. The summed E-state index contributed by atoms with van der Waals surface area (Å²) in [6, 6.07) is 15.3. The van der Waals surface area contributed by atoms with Crippen LogP contribution in [0.1, 0.15) is 22.6 Å². The van der Waals surface area contributed by atoms with E-state index in [1.165, 1.54) is 0 Å². The number of aliphatic hydroxyl groups excluding tert-OH is 1. The molecule has 0 unspecified atom stereocenters. The molecule has 0 spiro atoms. The fourth-order valence-corrected chi connectivity index (χ4v) is 2.88. The lowest BCUT2D eigenvalue weighted by atomic mass is 9.90. The van der Waals surface area contributed by atoms with Gasteiger partial charge in [-0.15, -0.1) is 0 Å². The van der Waals surface area contributed by atoms with Gasteiger partial charge in [0.1, 0.15) is 5.78 Å². The van der Waals surface area contributed by atoms with Crippen molar-refractivity contribution in [3.63, 3.8) is 0 Å². The van der Waals surface area contributed by atoms with Crippen LogP contribution < -0.4 is 5.73 Å². The van der Waals surface area contributed by atoms with Crippen LogP contribution in [-0.2, 0) is 17.8 Å². The van der Waals surface area contributed by atoms with Crippen molar-refractivity contribution >= 4 is 16.6 Å². The minimum absolute atomic E-state index is 0.00648. The predicted octanol–water partition coefficient (Wildman–Crippen LogP) is 2.58. The van der Waals surface area contributed by atoms with Crippen LogP contribution in [0.4, 0.5) is 0 Å². The molecule has 2 aromatic carbocycles. The van der Waals surface area contributed by atoms with Crippen molar-refractivity contribution in [3.8, 4) is 0 Å². The Morgan fingerprint density at radius 3 is 2.50 bits per heavy atom. The van der Waals surface area contributed by atoms with Gasteiger partial charge in [0.15, 0.2) is 0 Å². The van der Waals surface area contributed by atoms with Crippen LogP contribution in [0.15, 0.2) is 60.9 Å². The molecule has 0 bridgehead atoms. The number of benzene rings is 2. The highest BCUT2D eigenvalue weighted by Crippen LogP contribution is 2.21. The van der Waals surface area contributed by atoms with Gasteiger partial charge in [-0.2, -0.15) is 0 Å². The topological polar surface area (TPSA) is 76.2 Å². The number of carbonyl (C=O) groups is 1. The molecule has 0 fully saturated rings. The molecule has 0 saturated heterocycles. The van der Waals surface area contributed by atoms with Gasteiger partial charge < -0.3 is 10.8 Å². The van der Waals surface area contributed by atoms with Gasteiger partial charge >= 0.3 is 0 Å². The lowest BCUT2D eigenvalue weighted by molar-refractivity contribution is -0.119. The Labute approximate surface area is 141 Å². The number of aromatic nitrogens is 1. The first-order valence-corrected chi connectivity index (χ1v) is 7.96. The molecule has 0 amide bonds. The van der Waals surface area contributed by atoms with Crippen molar-refractivity contribution in [1.82, 2.24) is 4.98 Å². The maximum Gasteiger partial charge on any atom is 0.145 e. The van der Waals surface area contributed by atoms with Gasteiger partial charge in [0.05, 0.1) is 12.5 Å². The Balaban J connectivity index is 1.79. The van der Waals surface area contributed by atoms with Crippen LogP contribution >= 0.6 is 0 Å². The molecule has 3 rings (SSSR count). The van der Waals surface area contributed by atoms with Gasteiger partial charge in [-0.05, 0) is 28.1 Å². The lowest BCUT2D eigenvalue weighted by Gasteiger charge is -2.15. The van der Waals surface area contributed by atoms with Crippen molar-refractivity contribution in [2.24, 2.45) is 5.73 Å². The zero-order valence-corrected chi connectivity index (χ0v) is 13.4. The smallest absolute Gasteiger partial charge is 0.145 e. The van der Waals surface area contributed by atoms with Gasteiger partial charge in [0.2, 0.25) is 0 Å². The Morgan fingerprint density at radius 1 is 1.04 bits per heavy atom. The van der Waals surface area contributed by atoms with E-state index in [2.05, 4.69) is 4.98 Å². The summed E-state index contributed by atoms with van der Waals surface area (Å²) in [6.45, 7) is 0.266. The van der Waals surface area contributed by atoms with Crippen LogP contribution in [0.5, 0.6) is 0 Å². The van der Waals surface area contributed by atoms with E-state index in [4.69, 9.17) is 10.8 Å². The van der Waals surface area contributed by atoms with Crippen LogP contribution in [0.25, 0.3) is 10.8 Å². The largest absolute Gasteiger partial charge is 0.392 e. The van der Waals surface area contributed by atoms with Gasteiger partial charge in [-0.1, -0.05) is 42.5 Å². The number of pyridine rings is 1. The number of hydrogen-bond donors (Lipinski definition) is 2. The molecule has 0 aliphatic heterocycles. The predicted molar refractivity (Wildman–Crippen MR) is 94.6 cm³/mol. The Hall–Kier alpha value is -2.56. The first kappa shape index (κ1) is 16.3. The van der Waals surface area contributed by atoms with E-state index in [1.54, 1.807) is 6.20 Å². The molecule has 3 N–H and O–H groups in total. The number of carbonyl (C=O) groups excluding carboxylic acids is 1. The molecule has 1 aromatic heterocycles. The van der Waals surface area contributed by atoms with E-state index in [0.717, 1.165) is 27.5 Å². The fraction of sp³-hybridized carbons (Fsp3) is 0.200. The maximum absolute atomic E-state index is 12.7. The second-order valence-electron chi connectivity index (χ2n) is 5.89. The zero-order valence-electron chi connectivity index (χ0n) is 13.4. The minimum atomic E-state index is -0.328. The monoisotopic (exact) mass is 320 g/mol. The molecule has 3 aromatic rings. The fourth-order valence-electron chi connectivity index (χ4n) is 2.88. The van der Waals surface area contributed by atoms with Gasteiger partial charge in [-0.25, -0.2) is 0 Å². The minimum Gasteiger partial charge on any atom is -0.392 e. The summed E-state index contributed by atoms with van der Waals surface area (Å²) < 4.78 is 0. The quantitative estimate of drug-likeness (QED) is 0.732. The zero-order chi connectivity index (χ0) is 16.9. The average molecular weight is 320 g/mol. The van der Waals surface area contributed by atoms with E-state index in [9.17, 15) is 4.79 Å². The molecule has 24 heavy (non-hydrogen) atoms. The summed E-state index contributed by atoms with van der Waals surface area (Å²) >= 11 is 0. The van der Waals surface area contributed by atoms with Crippen molar-refractivity contribution in [3.05, 3.63) is 77.6 Å². The summed E-state index contributed by atoms with van der Waals surface area (Å²) in [7, 11) is 0. The number of nitrogens with two attached hydrogens (primary N) is 1. The Morgan fingerprint density at radius 2 is 1.79 bits per heavy atom. The summed E-state index contributed by atoms with van der Waals surface area (Å²) in [5.74, 6) is -0.228. The number of fused-ring (bicyclic) bond motifs is 1. The molecule has 1 heterocycles. The lowest BCUT2D eigenvalue weighted by Crippen LogP contribution is -2.23. The number of hydrogen-bond acceptors (Lipinski definition) is 4. The van der Waals surface area contributed by atoms with Crippen molar-refractivity contribution in [1.29, 1.82) is 0 Å². The Bertz CT molecular complexity index is 844. The van der Waals surface area contributed by atoms with Crippen LogP contribution in [0.2, 0.25) is 0 Å². The second-order valence-corrected chi connectivity index (χ2v) is 5.89. The summed E-state index contributed by atoms with van der Waals surface area (Å²) in [6.07, 6.45) is 3.91. The third-order valence-electron chi connectivity index (χ3n) is 4.27. The summed E-state index contributed by atoms with van der Waals surface area (Å²) in [5, 5.41) is 11.3. The number of ketones is 1. The molecule has 0 aliphatic carbocycles. The molecule has 4 nitrogen and oxygen atoms in total. The number of nitrogens with zero attached hydrogens (tertiary/aromatic N) is 1. The SMILES string of the molecule is NC[C@@H](C(=O)Cc1ccc2cnccc2c1)c1ccc(CO)cc1. The van der Waals surface area contributed by atoms with Crippen LogP contribution in [0, 0.1) is 0 Å². The van der Waals surface area contributed by atoms with E-state index < -0.39 is 0 Å². The van der Waals surface area contributed by atoms with Crippen molar-refractivity contribution in [2.45, 2.75) is 18.9 Å².